The first kappa shape index (κ1) is 21.5. The molecule has 2 heterocycles. The van der Waals surface area contributed by atoms with Gasteiger partial charge in [0.1, 0.15) is 4.83 Å². The summed E-state index contributed by atoms with van der Waals surface area (Å²) >= 11 is 6.59. The van der Waals surface area contributed by atoms with Crippen molar-refractivity contribution in [2.45, 2.75) is 6.92 Å². The number of methoxy groups -OCH3 is 1. The number of aryl methyl sites for hydroxylation is 1. The molecule has 0 aliphatic rings. The Morgan fingerprint density at radius 2 is 1.94 bits per heavy atom. The molecule has 1 amide bonds. The normalized spacial score (nSPS) is 10.7. The van der Waals surface area contributed by atoms with E-state index in [-0.39, 0.29) is 22.5 Å². The molecule has 8 nitrogen and oxygen atoms in total. The number of amides is 1. The zero-order chi connectivity index (χ0) is 22.8. The van der Waals surface area contributed by atoms with Gasteiger partial charge in [0.05, 0.1) is 16.9 Å². The highest BCUT2D eigenvalue weighted by Gasteiger charge is 2.18. The monoisotopic (exact) mass is 466 g/mol. The van der Waals surface area contributed by atoms with Crippen molar-refractivity contribution < 1.29 is 14.5 Å². The molecule has 0 aliphatic heterocycles. The predicted molar refractivity (Wildman–Crippen MR) is 129 cm³/mol. The Morgan fingerprint density at radius 1 is 1.19 bits per heavy atom. The van der Waals surface area contributed by atoms with Crippen LogP contribution in [0.25, 0.3) is 15.9 Å². The Balaban J connectivity index is 1.52. The van der Waals surface area contributed by atoms with Crippen LogP contribution in [-0.4, -0.2) is 27.6 Å². The third-order valence-corrected chi connectivity index (χ3v) is 6.13. The lowest BCUT2D eigenvalue weighted by molar-refractivity contribution is -0.385. The molecule has 0 bridgehead atoms. The van der Waals surface area contributed by atoms with Crippen LogP contribution >= 0.6 is 23.6 Å². The van der Waals surface area contributed by atoms with Gasteiger partial charge in [0.2, 0.25) is 0 Å². The molecule has 2 aromatic heterocycles. The standard InChI is InChI=1S/C22H18N4O4S2/c1-13-12-25(15-6-4-3-5-7-15)21-16(13)11-19(32-21)20(27)24-22(31)23-14-8-9-18(30-2)17(10-14)26(28)29/h3-12H,1-2H3,(H2,23,24,27,31). The van der Waals surface area contributed by atoms with Crippen LogP contribution < -0.4 is 15.4 Å². The minimum absolute atomic E-state index is 0.0372. The first-order valence-corrected chi connectivity index (χ1v) is 10.7. The van der Waals surface area contributed by atoms with Gasteiger partial charge in [0.25, 0.3) is 5.91 Å². The number of anilines is 1. The van der Waals surface area contributed by atoms with E-state index in [0.29, 0.717) is 10.6 Å². The number of nitro benzene ring substituents is 1. The van der Waals surface area contributed by atoms with E-state index in [1.54, 1.807) is 6.07 Å². The van der Waals surface area contributed by atoms with E-state index in [2.05, 4.69) is 15.2 Å². The third kappa shape index (κ3) is 4.18. The van der Waals surface area contributed by atoms with E-state index in [0.717, 1.165) is 21.5 Å². The molecule has 0 atom stereocenters. The highest BCUT2D eigenvalue weighted by Crippen LogP contribution is 2.32. The number of rotatable bonds is 5. The predicted octanol–water partition coefficient (Wildman–Crippen LogP) is 5.04. The summed E-state index contributed by atoms with van der Waals surface area (Å²) in [5.41, 5.74) is 2.23. The summed E-state index contributed by atoms with van der Waals surface area (Å²) < 4.78 is 7.04. The minimum atomic E-state index is -0.548. The third-order valence-electron chi connectivity index (χ3n) is 4.80. The van der Waals surface area contributed by atoms with Gasteiger partial charge in [-0.1, -0.05) is 18.2 Å². The van der Waals surface area contributed by atoms with Crippen molar-refractivity contribution in [3.05, 3.63) is 81.3 Å². The highest BCUT2D eigenvalue weighted by atomic mass is 32.1. The van der Waals surface area contributed by atoms with Crippen LogP contribution in [0.1, 0.15) is 15.2 Å². The van der Waals surface area contributed by atoms with E-state index in [4.69, 9.17) is 17.0 Å². The molecule has 0 unspecified atom stereocenters. The van der Waals surface area contributed by atoms with Gasteiger partial charge in [0, 0.05) is 29.0 Å². The topological polar surface area (TPSA) is 98.4 Å². The Hall–Kier alpha value is -3.76. The number of nitrogens with zero attached hydrogens (tertiary/aromatic N) is 2. The van der Waals surface area contributed by atoms with Crippen LogP contribution in [0.3, 0.4) is 0 Å². The fourth-order valence-electron chi connectivity index (χ4n) is 3.29. The maximum Gasteiger partial charge on any atom is 0.312 e. The Kier molecular flexibility index (Phi) is 5.89. The summed E-state index contributed by atoms with van der Waals surface area (Å²) in [6, 6.07) is 16.1. The number of para-hydroxylation sites is 1. The van der Waals surface area contributed by atoms with Crippen molar-refractivity contribution in [3.63, 3.8) is 0 Å². The number of thiocarbonyl (C=S) groups is 1. The second-order valence-corrected chi connectivity index (χ2v) is 8.34. The van der Waals surface area contributed by atoms with Gasteiger partial charge in [-0.3, -0.25) is 20.2 Å². The van der Waals surface area contributed by atoms with Gasteiger partial charge in [-0.25, -0.2) is 0 Å². The molecule has 4 aromatic rings. The number of carbonyl (C=O) groups excluding carboxylic acids is 1. The van der Waals surface area contributed by atoms with Gasteiger partial charge in [0.15, 0.2) is 10.9 Å². The van der Waals surface area contributed by atoms with E-state index in [1.807, 2.05) is 49.5 Å². The van der Waals surface area contributed by atoms with Crippen LogP contribution in [0.4, 0.5) is 11.4 Å². The quantitative estimate of drug-likeness (QED) is 0.243. The summed E-state index contributed by atoms with van der Waals surface area (Å²) in [4.78, 5) is 24.9. The number of fused-ring (bicyclic) bond motifs is 1. The van der Waals surface area contributed by atoms with Crippen molar-refractivity contribution in [2.24, 2.45) is 0 Å². The lowest BCUT2D eigenvalue weighted by Crippen LogP contribution is -2.33. The molecule has 0 saturated carbocycles. The summed E-state index contributed by atoms with van der Waals surface area (Å²) in [6.07, 6.45) is 2.04. The second kappa shape index (κ2) is 8.77. The number of carbonyl (C=O) groups is 1. The van der Waals surface area contributed by atoms with Crippen molar-refractivity contribution >= 4 is 56.2 Å². The van der Waals surface area contributed by atoms with Crippen LogP contribution in [0.5, 0.6) is 5.75 Å². The van der Waals surface area contributed by atoms with E-state index < -0.39 is 4.92 Å². The molecule has 10 heteroatoms. The fraction of sp³-hybridized carbons (Fsp3) is 0.0909. The van der Waals surface area contributed by atoms with Gasteiger partial charge >= 0.3 is 5.69 Å². The van der Waals surface area contributed by atoms with Crippen LogP contribution in [-0.2, 0) is 0 Å². The molecule has 162 valence electrons. The van der Waals surface area contributed by atoms with Crippen molar-refractivity contribution in [3.8, 4) is 11.4 Å². The van der Waals surface area contributed by atoms with Crippen LogP contribution in [0.2, 0.25) is 0 Å². The van der Waals surface area contributed by atoms with Gasteiger partial charge in [-0.05, 0) is 55.0 Å². The average molecular weight is 467 g/mol. The van der Waals surface area contributed by atoms with E-state index in [9.17, 15) is 14.9 Å². The zero-order valence-electron chi connectivity index (χ0n) is 17.1. The number of hydrogen-bond acceptors (Lipinski definition) is 6. The Labute approximate surface area is 192 Å². The summed E-state index contributed by atoms with van der Waals surface area (Å²) in [5, 5.41) is 17.7. The van der Waals surface area contributed by atoms with E-state index >= 15 is 0 Å². The molecule has 2 aromatic carbocycles. The van der Waals surface area contributed by atoms with Crippen LogP contribution in [0, 0.1) is 17.0 Å². The molecule has 0 spiro atoms. The molecule has 2 N–H and O–H groups in total. The maximum atomic E-state index is 12.8. The maximum absolute atomic E-state index is 12.8. The minimum Gasteiger partial charge on any atom is -0.490 e. The number of nitro groups is 1. The molecular formula is C22H18N4O4S2. The second-order valence-electron chi connectivity index (χ2n) is 6.90. The molecule has 0 aliphatic carbocycles. The molecule has 0 radical (unpaired) electrons. The fourth-order valence-corrected chi connectivity index (χ4v) is 4.62. The van der Waals surface area contributed by atoms with E-state index in [1.165, 1.54) is 30.6 Å². The molecule has 0 saturated heterocycles. The van der Waals surface area contributed by atoms with Crippen molar-refractivity contribution in [1.82, 2.24) is 9.88 Å². The first-order valence-electron chi connectivity index (χ1n) is 9.49. The molecular weight excluding hydrogens is 448 g/mol. The Bertz CT molecular complexity index is 1340. The smallest absolute Gasteiger partial charge is 0.312 e. The van der Waals surface area contributed by atoms with Crippen molar-refractivity contribution in [2.75, 3.05) is 12.4 Å². The number of thiophene rings is 1. The number of benzene rings is 2. The summed E-state index contributed by atoms with van der Waals surface area (Å²) in [6.45, 7) is 2.00. The lowest BCUT2D eigenvalue weighted by atomic mass is 10.2. The lowest BCUT2D eigenvalue weighted by Gasteiger charge is -2.10. The molecule has 4 rings (SSSR count). The average Bonchev–Trinajstić information content (AvgIpc) is 3.35. The first-order chi connectivity index (χ1) is 15.4. The highest BCUT2D eigenvalue weighted by molar-refractivity contribution is 7.80. The number of nitrogens with one attached hydrogen (secondary N) is 2. The molecule has 0 fully saturated rings. The number of aromatic nitrogens is 1. The van der Waals surface area contributed by atoms with Crippen molar-refractivity contribution in [1.29, 1.82) is 0 Å². The van der Waals surface area contributed by atoms with Gasteiger partial charge < -0.3 is 14.6 Å². The number of hydrogen-bond donors (Lipinski definition) is 2. The van der Waals surface area contributed by atoms with Crippen LogP contribution in [0.15, 0.2) is 60.8 Å². The Morgan fingerprint density at radius 3 is 2.62 bits per heavy atom. The largest absolute Gasteiger partial charge is 0.490 e. The molecule has 32 heavy (non-hydrogen) atoms. The SMILES string of the molecule is COc1ccc(NC(=S)NC(=O)c2cc3c(C)cn(-c4ccccc4)c3s2)cc1[N+](=O)[O-]. The summed E-state index contributed by atoms with van der Waals surface area (Å²) in [5.74, 6) is -0.222. The van der Waals surface area contributed by atoms with Gasteiger partial charge in [-0.15, -0.1) is 11.3 Å². The zero-order valence-corrected chi connectivity index (χ0v) is 18.8. The van der Waals surface area contributed by atoms with Gasteiger partial charge in [-0.2, -0.15) is 0 Å². The number of ether oxygens (including phenoxy) is 1. The summed E-state index contributed by atoms with van der Waals surface area (Å²) in [7, 11) is 1.36.